The molecule has 0 bridgehead atoms. The molecule has 19 heavy (non-hydrogen) atoms. The first-order chi connectivity index (χ1) is 8.60. The Balaban J connectivity index is 2.61. The number of rotatable bonds is 0. The van der Waals surface area contributed by atoms with Gasteiger partial charge in [-0.1, -0.05) is 5.21 Å². The number of urea groups is 1. The second kappa shape index (κ2) is 3.78. The van der Waals surface area contributed by atoms with E-state index in [0.717, 1.165) is 11.3 Å². The smallest absolute Gasteiger partial charge is 0.286 e. The number of aliphatic imine (C=N–C) groups is 1. The summed E-state index contributed by atoms with van der Waals surface area (Å²) in [6.45, 7) is 6.66. The Hall–Kier alpha value is -1.93. The molecule has 0 aromatic heterocycles. The lowest BCUT2D eigenvalue weighted by Gasteiger charge is -2.36. The Morgan fingerprint density at radius 1 is 1.21 bits per heavy atom. The molecule has 0 unspecified atom stereocenters. The van der Waals surface area contributed by atoms with Gasteiger partial charge in [0.25, 0.3) is 5.91 Å². The van der Waals surface area contributed by atoms with E-state index in [9.17, 15) is 20.0 Å². The summed E-state index contributed by atoms with van der Waals surface area (Å²) in [5, 5.41) is 25.7. The number of hydroxylamine groups is 4. The molecule has 8 nitrogen and oxygen atoms in total. The minimum Gasteiger partial charge on any atom is -0.286 e. The van der Waals surface area contributed by atoms with Crippen molar-refractivity contribution in [3.05, 3.63) is 11.4 Å². The third kappa shape index (κ3) is 1.64. The van der Waals surface area contributed by atoms with Crippen LogP contribution < -0.4 is 5.32 Å². The highest BCUT2D eigenvalue weighted by Gasteiger charge is 2.57. The summed E-state index contributed by atoms with van der Waals surface area (Å²) in [5.74, 6) is -0.979. The van der Waals surface area contributed by atoms with E-state index in [1.54, 1.807) is 27.7 Å². The molecular formula is C11H15N4O4. The predicted molar refractivity (Wildman–Crippen MR) is 63.4 cm³/mol. The van der Waals surface area contributed by atoms with Gasteiger partial charge in [0.15, 0.2) is 5.82 Å². The molecule has 1 radical (unpaired) electrons. The summed E-state index contributed by atoms with van der Waals surface area (Å²) in [5.41, 5.74) is -2.01. The van der Waals surface area contributed by atoms with Gasteiger partial charge in [0.05, 0.1) is 11.1 Å². The van der Waals surface area contributed by atoms with E-state index in [-0.39, 0.29) is 11.4 Å². The van der Waals surface area contributed by atoms with E-state index in [2.05, 4.69) is 4.99 Å². The quantitative estimate of drug-likeness (QED) is 0.619. The first kappa shape index (κ1) is 13.5. The van der Waals surface area contributed by atoms with Gasteiger partial charge in [0.1, 0.15) is 5.57 Å². The van der Waals surface area contributed by atoms with Crippen molar-refractivity contribution in [3.8, 4) is 0 Å². The lowest BCUT2D eigenvalue weighted by atomic mass is 9.84. The fourth-order valence-corrected chi connectivity index (χ4v) is 1.88. The molecule has 1 saturated heterocycles. The third-order valence-electron chi connectivity index (χ3n) is 3.94. The third-order valence-corrected chi connectivity index (χ3v) is 3.94. The molecule has 0 aromatic rings. The van der Waals surface area contributed by atoms with Crippen molar-refractivity contribution in [2.45, 2.75) is 38.8 Å². The van der Waals surface area contributed by atoms with Crippen LogP contribution in [0.25, 0.3) is 0 Å². The van der Waals surface area contributed by atoms with Crippen molar-refractivity contribution in [3.63, 3.8) is 0 Å². The highest BCUT2D eigenvalue weighted by Crippen LogP contribution is 2.44. The van der Waals surface area contributed by atoms with E-state index in [1.165, 1.54) is 0 Å². The van der Waals surface area contributed by atoms with E-state index < -0.39 is 23.0 Å². The van der Waals surface area contributed by atoms with Crippen molar-refractivity contribution < 1.29 is 20.0 Å². The van der Waals surface area contributed by atoms with Gasteiger partial charge < -0.3 is 0 Å². The van der Waals surface area contributed by atoms with Crippen LogP contribution in [0.4, 0.5) is 4.79 Å². The number of nitrogens with zero attached hydrogens (tertiary/aromatic N) is 3. The Kier molecular flexibility index (Phi) is 2.69. The van der Waals surface area contributed by atoms with E-state index >= 15 is 0 Å². The van der Waals surface area contributed by atoms with Crippen molar-refractivity contribution >= 4 is 18.2 Å². The zero-order valence-corrected chi connectivity index (χ0v) is 11.1. The average molecular weight is 267 g/mol. The van der Waals surface area contributed by atoms with Crippen LogP contribution in [-0.2, 0) is 10.0 Å². The molecule has 3 amide bonds. The number of hydrogen-bond acceptors (Lipinski definition) is 5. The minimum absolute atomic E-state index is 0.143. The summed E-state index contributed by atoms with van der Waals surface area (Å²) >= 11 is 0. The SMILES string of the molecule is CC1(C)N([O])/C(=C2\C=NC(=O)NC2=O)N(O)C1(C)C. The number of hydrogen-bond donors (Lipinski definition) is 2. The lowest BCUT2D eigenvalue weighted by molar-refractivity contribution is -0.182. The van der Waals surface area contributed by atoms with E-state index in [4.69, 9.17) is 0 Å². The van der Waals surface area contributed by atoms with Crippen molar-refractivity contribution in [2.24, 2.45) is 4.99 Å². The molecular weight excluding hydrogens is 252 g/mol. The molecule has 2 heterocycles. The van der Waals surface area contributed by atoms with E-state index in [0.29, 0.717) is 5.06 Å². The maximum atomic E-state index is 12.3. The second-order valence-corrected chi connectivity index (χ2v) is 5.48. The van der Waals surface area contributed by atoms with Gasteiger partial charge in [0.2, 0.25) is 0 Å². The highest BCUT2D eigenvalue weighted by molar-refractivity contribution is 6.22. The number of nitrogens with one attached hydrogen (secondary N) is 1. The second-order valence-electron chi connectivity index (χ2n) is 5.48. The molecule has 0 spiro atoms. The molecule has 0 atom stereocenters. The predicted octanol–water partition coefficient (Wildman–Crippen LogP) is 0.428. The zero-order chi connectivity index (χ0) is 14.6. The molecule has 2 aliphatic heterocycles. The van der Waals surface area contributed by atoms with Crippen LogP contribution in [-0.4, -0.2) is 44.6 Å². The molecule has 0 aliphatic carbocycles. The molecule has 103 valence electrons. The van der Waals surface area contributed by atoms with Crippen LogP contribution in [0.15, 0.2) is 16.4 Å². The average Bonchev–Trinajstić information content (AvgIpc) is 2.40. The lowest BCUT2D eigenvalue weighted by Crippen LogP contribution is -2.52. The highest BCUT2D eigenvalue weighted by atomic mass is 16.6. The number of amides is 3. The molecule has 2 rings (SSSR count). The van der Waals surface area contributed by atoms with Crippen LogP contribution in [0.2, 0.25) is 0 Å². The molecule has 8 heteroatoms. The first-order valence-corrected chi connectivity index (χ1v) is 5.71. The Morgan fingerprint density at radius 3 is 2.21 bits per heavy atom. The fraction of sp³-hybridized carbons (Fsp3) is 0.545. The summed E-state index contributed by atoms with van der Waals surface area (Å²) in [6, 6.07) is -0.798. The van der Waals surface area contributed by atoms with Gasteiger partial charge in [0, 0.05) is 6.21 Å². The Morgan fingerprint density at radius 2 is 1.79 bits per heavy atom. The molecule has 0 saturated carbocycles. The van der Waals surface area contributed by atoms with Crippen LogP contribution in [0.1, 0.15) is 27.7 Å². The monoisotopic (exact) mass is 267 g/mol. The maximum absolute atomic E-state index is 12.3. The van der Waals surface area contributed by atoms with Gasteiger partial charge in [-0.25, -0.2) is 14.9 Å². The number of carbonyl (C=O) groups excluding carboxylic acids is 2. The van der Waals surface area contributed by atoms with E-state index in [1.807, 2.05) is 5.32 Å². The molecule has 1 fully saturated rings. The van der Waals surface area contributed by atoms with Gasteiger partial charge in [-0.2, -0.15) is 5.06 Å². The van der Waals surface area contributed by atoms with Crippen molar-refractivity contribution in [2.75, 3.05) is 0 Å². The van der Waals surface area contributed by atoms with Crippen LogP contribution in [0, 0.1) is 0 Å². The van der Waals surface area contributed by atoms with Gasteiger partial charge in [-0.05, 0) is 27.7 Å². The normalized spacial score (nSPS) is 28.9. The van der Waals surface area contributed by atoms with Crippen molar-refractivity contribution in [1.82, 2.24) is 15.4 Å². The minimum atomic E-state index is -0.959. The maximum Gasteiger partial charge on any atom is 0.347 e. The molecule has 2 aliphatic rings. The molecule has 0 aromatic carbocycles. The standard InChI is InChI=1S/C11H15N4O4/c1-10(2)11(3,4)15(19)8(14(10)18)6-5-12-9(17)13-7(6)16/h5,18H,1-4H3,(H,13,16,17)/b8-6+. The Bertz CT molecular complexity index is 499. The zero-order valence-electron chi connectivity index (χ0n) is 11.1. The van der Waals surface area contributed by atoms with Crippen LogP contribution in [0.5, 0.6) is 0 Å². The number of imide groups is 1. The summed E-state index contributed by atoms with van der Waals surface area (Å²) < 4.78 is 0. The van der Waals surface area contributed by atoms with Gasteiger partial charge in [-0.15, -0.1) is 0 Å². The Labute approximate surface area is 109 Å². The van der Waals surface area contributed by atoms with Crippen molar-refractivity contribution in [1.29, 1.82) is 0 Å². The van der Waals surface area contributed by atoms with Gasteiger partial charge in [-0.3, -0.25) is 15.3 Å². The fourth-order valence-electron chi connectivity index (χ4n) is 1.88. The first-order valence-electron chi connectivity index (χ1n) is 5.71. The van der Waals surface area contributed by atoms with Crippen LogP contribution in [0.3, 0.4) is 0 Å². The van der Waals surface area contributed by atoms with Crippen LogP contribution >= 0.6 is 0 Å². The molecule has 2 N–H and O–H groups in total. The van der Waals surface area contributed by atoms with Gasteiger partial charge >= 0.3 is 6.03 Å². The summed E-state index contributed by atoms with van der Waals surface area (Å²) in [4.78, 5) is 26.1. The number of carbonyl (C=O) groups is 2. The topological polar surface area (TPSA) is 105 Å². The summed E-state index contributed by atoms with van der Waals surface area (Å²) in [6.07, 6.45) is 0.988. The summed E-state index contributed by atoms with van der Waals surface area (Å²) in [7, 11) is 0. The largest absolute Gasteiger partial charge is 0.347 e.